The first-order chi connectivity index (χ1) is 8.60. The van der Waals surface area contributed by atoms with Crippen molar-refractivity contribution in [1.29, 1.82) is 0 Å². The van der Waals surface area contributed by atoms with E-state index < -0.39 is 0 Å². The quantitative estimate of drug-likeness (QED) is 0.795. The highest BCUT2D eigenvalue weighted by Gasteiger charge is 2.33. The summed E-state index contributed by atoms with van der Waals surface area (Å²) in [5, 5.41) is 3.67. The Morgan fingerprint density at radius 3 is 2.61 bits per heavy atom. The van der Waals surface area contributed by atoms with E-state index in [-0.39, 0.29) is 0 Å². The average Bonchev–Trinajstić information content (AvgIpc) is 2.89. The molecule has 1 aromatic heterocycles. The number of hydrogen-bond acceptors (Lipinski definition) is 2. The van der Waals surface area contributed by atoms with Crippen molar-refractivity contribution in [2.45, 2.75) is 46.0 Å². The Kier molecular flexibility index (Phi) is 5.11. The molecule has 1 saturated carbocycles. The van der Waals surface area contributed by atoms with Gasteiger partial charge in [-0.15, -0.1) is 11.3 Å². The molecule has 0 bridgehead atoms. The van der Waals surface area contributed by atoms with Gasteiger partial charge in [0.05, 0.1) is 4.34 Å². The smallest absolute Gasteiger partial charge is 0.0931 e. The minimum Gasteiger partial charge on any atom is -0.316 e. The fourth-order valence-corrected chi connectivity index (χ4v) is 4.24. The molecule has 1 heterocycles. The van der Waals surface area contributed by atoms with Crippen molar-refractivity contribution >= 4 is 22.9 Å². The van der Waals surface area contributed by atoms with Gasteiger partial charge in [0.25, 0.3) is 0 Å². The molecule has 1 aliphatic rings. The summed E-state index contributed by atoms with van der Waals surface area (Å²) < 4.78 is 0.924. The van der Waals surface area contributed by atoms with E-state index in [1.54, 1.807) is 11.3 Å². The van der Waals surface area contributed by atoms with Crippen molar-refractivity contribution in [1.82, 2.24) is 5.32 Å². The Bertz CT molecular complexity index is 366. The maximum atomic E-state index is 6.04. The third kappa shape index (κ3) is 3.97. The lowest BCUT2D eigenvalue weighted by Gasteiger charge is -2.29. The normalized spacial score (nSPS) is 18.7. The van der Waals surface area contributed by atoms with Crippen LogP contribution in [0.4, 0.5) is 0 Å². The molecular formula is C15H24ClNS. The Morgan fingerprint density at radius 1 is 1.33 bits per heavy atom. The van der Waals surface area contributed by atoms with E-state index in [4.69, 9.17) is 11.6 Å². The van der Waals surface area contributed by atoms with Crippen LogP contribution in [0.3, 0.4) is 0 Å². The molecule has 1 fully saturated rings. The van der Waals surface area contributed by atoms with Gasteiger partial charge in [0.1, 0.15) is 0 Å². The molecule has 0 radical (unpaired) electrons. The molecule has 1 N–H and O–H groups in total. The molecule has 0 unspecified atom stereocenters. The van der Waals surface area contributed by atoms with Crippen LogP contribution in [-0.4, -0.2) is 13.1 Å². The Balaban J connectivity index is 1.93. The zero-order valence-corrected chi connectivity index (χ0v) is 13.0. The number of rotatable bonds is 6. The highest BCUT2D eigenvalue weighted by molar-refractivity contribution is 7.16. The third-order valence-corrected chi connectivity index (χ3v) is 5.13. The van der Waals surface area contributed by atoms with E-state index in [0.717, 1.165) is 16.8 Å². The van der Waals surface area contributed by atoms with Gasteiger partial charge in [-0.3, -0.25) is 0 Å². The summed E-state index contributed by atoms with van der Waals surface area (Å²) in [4.78, 5) is 1.45. The van der Waals surface area contributed by atoms with Gasteiger partial charge in [0.15, 0.2) is 0 Å². The molecule has 18 heavy (non-hydrogen) atoms. The molecule has 102 valence electrons. The van der Waals surface area contributed by atoms with Crippen LogP contribution < -0.4 is 5.32 Å². The van der Waals surface area contributed by atoms with Gasteiger partial charge in [0.2, 0.25) is 0 Å². The highest BCUT2D eigenvalue weighted by atomic mass is 35.5. The van der Waals surface area contributed by atoms with Crippen LogP contribution in [0.15, 0.2) is 12.1 Å². The molecule has 1 nitrogen and oxygen atoms in total. The molecule has 0 amide bonds. The van der Waals surface area contributed by atoms with Gasteiger partial charge < -0.3 is 5.32 Å². The highest BCUT2D eigenvalue weighted by Crippen LogP contribution is 2.42. The first-order valence-electron chi connectivity index (χ1n) is 7.05. The summed E-state index contributed by atoms with van der Waals surface area (Å²) >= 11 is 7.79. The van der Waals surface area contributed by atoms with Gasteiger partial charge in [-0.05, 0) is 49.3 Å². The van der Waals surface area contributed by atoms with E-state index in [9.17, 15) is 0 Å². The summed E-state index contributed by atoms with van der Waals surface area (Å²) in [5.74, 6) is 0.736. The largest absolute Gasteiger partial charge is 0.316 e. The van der Waals surface area contributed by atoms with Crippen LogP contribution in [0.25, 0.3) is 0 Å². The summed E-state index contributed by atoms with van der Waals surface area (Å²) in [6, 6.07) is 4.24. The molecular weight excluding hydrogens is 262 g/mol. The van der Waals surface area contributed by atoms with Gasteiger partial charge in [-0.25, -0.2) is 0 Å². The lowest BCUT2D eigenvalue weighted by atomic mass is 9.82. The van der Waals surface area contributed by atoms with E-state index >= 15 is 0 Å². The number of thiophene rings is 1. The van der Waals surface area contributed by atoms with Crippen molar-refractivity contribution in [3.63, 3.8) is 0 Å². The lowest BCUT2D eigenvalue weighted by Crippen LogP contribution is -2.35. The minimum absolute atomic E-state index is 0.489. The monoisotopic (exact) mass is 285 g/mol. The van der Waals surface area contributed by atoms with Crippen LogP contribution >= 0.6 is 22.9 Å². The zero-order chi connectivity index (χ0) is 13.0. The van der Waals surface area contributed by atoms with Gasteiger partial charge >= 0.3 is 0 Å². The maximum absolute atomic E-state index is 6.04. The van der Waals surface area contributed by atoms with Crippen molar-refractivity contribution in [3.8, 4) is 0 Å². The Morgan fingerprint density at radius 2 is 2.06 bits per heavy atom. The van der Waals surface area contributed by atoms with Gasteiger partial charge in [0, 0.05) is 11.4 Å². The van der Waals surface area contributed by atoms with Crippen LogP contribution in [0.1, 0.15) is 44.4 Å². The Labute approximate surface area is 120 Å². The molecule has 3 heteroatoms. The fraction of sp³-hybridized carbons (Fsp3) is 0.733. The summed E-state index contributed by atoms with van der Waals surface area (Å²) in [6.45, 7) is 6.84. The number of halogens is 1. The molecule has 0 aliphatic heterocycles. The minimum atomic E-state index is 0.489. The second-order valence-corrected chi connectivity index (χ2v) is 7.91. The number of nitrogens with one attached hydrogen (secondary N) is 1. The van der Waals surface area contributed by atoms with E-state index in [0.29, 0.717) is 5.41 Å². The molecule has 0 spiro atoms. The van der Waals surface area contributed by atoms with E-state index in [1.807, 2.05) is 6.07 Å². The van der Waals surface area contributed by atoms with Crippen LogP contribution in [-0.2, 0) is 6.42 Å². The fourth-order valence-electron chi connectivity index (χ4n) is 2.98. The number of hydrogen-bond donors (Lipinski definition) is 1. The van der Waals surface area contributed by atoms with Crippen molar-refractivity contribution in [2.24, 2.45) is 11.3 Å². The SMILES string of the molecule is CC(C)CNCC1(Cc2ccc(Cl)s2)CCCC1. The molecule has 1 aromatic rings. The van der Waals surface area contributed by atoms with Gasteiger partial charge in [-0.2, -0.15) is 0 Å². The third-order valence-electron chi connectivity index (χ3n) is 3.89. The predicted molar refractivity (Wildman–Crippen MR) is 81.6 cm³/mol. The van der Waals surface area contributed by atoms with Crippen molar-refractivity contribution < 1.29 is 0 Å². The lowest BCUT2D eigenvalue weighted by molar-refractivity contribution is 0.275. The zero-order valence-electron chi connectivity index (χ0n) is 11.5. The molecule has 1 aliphatic carbocycles. The maximum Gasteiger partial charge on any atom is 0.0931 e. The molecule has 0 saturated heterocycles. The first-order valence-corrected chi connectivity index (χ1v) is 8.24. The second kappa shape index (κ2) is 6.40. The van der Waals surface area contributed by atoms with E-state index in [1.165, 1.54) is 43.5 Å². The molecule has 0 aromatic carbocycles. The van der Waals surface area contributed by atoms with Crippen LogP contribution in [0.2, 0.25) is 4.34 Å². The predicted octanol–water partition coefficient (Wildman–Crippen LogP) is 4.75. The Hall–Kier alpha value is -0.0500. The van der Waals surface area contributed by atoms with Crippen molar-refractivity contribution in [3.05, 3.63) is 21.3 Å². The standard InChI is InChI=1S/C15H24ClNS/c1-12(2)10-17-11-15(7-3-4-8-15)9-13-5-6-14(16)18-13/h5-6,12,17H,3-4,7-11H2,1-2H3. The summed E-state index contributed by atoms with van der Waals surface area (Å²) in [7, 11) is 0. The summed E-state index contributed by atoms with van der Waals surface area (Å²) in [6.07, 6.45) is 6.72. The average molecular weight is 286 g/mol. The van der Waals surface area contributed by atoms with Crippen molar-refractivity contribution in [2.75, 3.05) is 13.1 Å². The van der Waals surface area contributed by atoms with Gasteiger partial charge in [-0.1, -0.05) is 38.3 Å². The van der Waals surface area contributed by atoms with Crippen LogP contribution in [0, 0.1) is 11.3 Å². The molecule has 0 atom stereocenters. The first kappa shape index (κ1) is 14.4. The van der Waals surface area contributed by atoms with Crippen LogP contribution in [0.5, 0.6) is 0 Å². The summed E-state index contributed by atoms with van der Waals surface area (Å²) in [5.41, 5.74) is 0.489. The molecule has 2 rings (SSSR count). The topological polar surface area (TPSA) is 12.0 Å². The second-order valence-electron chi connectivity index (χ2n) is 6.11. The van der Waals surface area contributed by atoms with E-state index in [2.05, 4.69) is 25.2 Å².